The summed E-state index contributed by atoms with van der Waals surface area (Å²) in [4.78, 5) is 0.906. The predicted molar refractivity (Wildman–Crippen MR) is 112 cm³/mol. The average Bonchev–Trinajstić information content (AvgIpc) is 2.58. The minimum atomic E-state index is -3.70. The van der Waals surface area contributed by atoms with E-state index in [9.17, 15) is 12.6 Å². The van der Waals surface area contributed by atoms with Gasteiger partial charge in [0.15, 0.2) is 0 Å². The smallest absolute Gasteiger partial charge is 0.241 e. The maximum absolute atomic E-state index is 13.0. The van der Waals surface area contributed by atoms with Gasteiger partial charge in [-0.25, -0.2) is 13.1 Å². The highest BCUT2D eigenvalue weighted by atomic mass is 32.2. The summed E-state index contributed by atoms with van der Waals surface area (Å²) >= 11 is 0. The molecule has 0 aliphatic carbocycles. The number of aryl methyl sites for hydroxylation is 1. The second-order valence-electron chi connectivity index (χ2n) is 8.07. The summed E-state index contributed by atoms with van der Waals surface area (Å²) in [5.74, 6) is -0.0108. The summed E-state index contributed by atoms with van der Waals surface area (Å²) in [5, 5.41) is 0. The van der Waals surface area contributed by atoms with Crippen LogP contribution in [-0.4, -0.2) is 17.4 Å². The zero-order chi connectivity index (χ0) is 20.4. The molecule has 0 amide bonds. The van der Waals surface area contributed by atoms with Crippen molar-refractivity contribution < 1.29 is 12.6 Å². The molecule has 1 unspecified atom stereocenters. The lowest BCUT2D eigenvalue weighted by molar-refractivity contribution is 0.457. The van der Waals surface area contributed by atoms with Crippen molar-refractivity contribution in [3.05, 3.63) is 59.7 Å². The molecule has 0 spiro atoms. The van der Waals surface area contributed by atoms with Gasteiger partial charge >= 0.3 is 0 Å². The first-order valence-corrected chi connectivity index (χ1v) is 11.7. The Morgan fingerprint density at radius 1 is 0.963 bits per heavy atom. The molecule has 0 aromatic heterocycles. The Hall–Kier alpha value is -1.50. The maximum Gasteiger partial charge on any atom is 0.241 e. The van der Waals surface area contributed by atoms with Gasteiger partial charge in [0.25, 0.3) is 0 Å². The second kappa shape index (κ2) is 8.25. The van der Waals surface area contributed by atoms with E-state index >= 15 is 0 Å². The molecule has 0 saturated carbocycles. The van der Waals surface area contributed by atoms with Gasteiger partial charge in [0.05, 0.1) is 21.7 Å². The van der Waals surface area contributed by atoms with Gasteiger partial charge in [0, 0.05) is 9.64 Å². The average molecular weight is 408 g/mol. The lowest BCUT2D eigenvalue weighted by Crippen LogP contribution is -2.33. The number of nitrogens with one attached hydrogen (secondary N) is 1. The van der Waals surface area contributed by atoms with E-state index in [0.717, 1.165) is 11.1 Å². The first-order valence-electron chi connectivity index (χ1n) is 9.03. The van der Waals surface area contributed by atoms with E-state index in [1.165, 1.54) is 0 Å². The van der Waals surface area contributed by atoms with Gasteiger partial charge < -0.3 is 0 Å². The van der Waals surface area contributed by atoms with Crippen LogP contribution in [0.3, 0.4) is 0 Å². The maximum atomic E-state index is 13.0. The van der Waals surface area contributed by atoms with Gasteiger partial charge in [-0.15, -0.1) is 0 Å². The van der Waals surface area contributed by atoms with Gasteiger partial charge in [-0.3, -0.25) is 4.21 Å². The molecule has 2 atom stereocenters. The summed E-state index contributed by atoms with van der Waals surface area (Å²) < 4.78 is 41.3. The summed E-state index contributed by atoms with van der Waals surface area (Å²) in [6.45, 7) is 11.6. The molecule has 0 fully saturated rings. The van der Waals surface area contributed by atoms with E-state index in [2.05, 4.69) is 4.72 Å². The molecule has 2 aromatic carbocycles. The molecule has 6 heteroatoms. The third-order valence-electron chi connectivity index (χ3n) is 4.29. The quantitative estimate of drug-likeness (QED) is 0.762. The Morgan fingerprint density at radius 3 is 2.04 bits per heavy atom. The Morgan fingerprint density at radius 2 is 1.52 bits per heavy atom. The molecule has 0 aliphatic heterocycles. The van der Waals surface area contributed by atoms with Crippen molar-refractivity contribution in [2.75, 3.05) is 0 Å². The van der Waals surface area contributed by atoms with Crippen LogP contribution in [0.4, 0.5) is 0 Å². The molecule has 0 saturated heterocycles. The van der Waals surface area contributed by atoms with Crippen molar-refractivity contribution in [1.29, 1.82) is 0 Å². The molecule has 2 rings (SSSR count). The Labute approximate surface area is 165 Å². The standard InChI is InChI=1S/C21H29NO3S2/c1-15(2)20(22-27(24,25)17-13-11-16(3)12-14-17)18-9-7-8-10-19(18)26(23)21(4,5)6/h7-15,20,22H,1-6H3/t20-,26?/m1/s1. The Balaban J connectivity index is 2.48. The fourth-order valence-corrected chi connectivity index (χ4v) is 5.38. The van der Waals surface area contributed by atoms with Crippen LogP contribution in [0.15, 0.2) is 58.3 Å². The summed E-state index contributed by atoms with van der Waals surface area (Å²) in [6.07, 6.45) is 0. The zero-order valence-corrected chi connectivity index (χ0v) is 18.4. The molecule has 4 nitrogen and oxygen atoms in total. The third-order valence-corrected chi connectivity index (χ3v) is 7.63. The SMILES string of the molecule is Cc1ccc(S(=O)(=O)N[C@@H](c2ccccc2S(=O)C(C)(C)C)C(C)C)cc1. The van der Waals surface area contributed by atoms with Crippen molar-refractivity contribution >= 4 is 20.8 Å². The molecule has 2 aromatic rings. The monoisotopic (exact) mass is 407 g/mol. The van der Waals surface area contributed by atoms with Crippen molar-refractivity contribution in [2.45, 2.75) is 62.1 Å². The fourth-order valence-electron chi connectivity index (χ4n) is 2.75. The lowest BCUT2D eigenvalue weighted by atomic mass is 9.97. The van der Waals surface area contributed by atoms with Crippen LogP contribution in [0.2, 0.25) is 0 Å². The summed E-state index contributed by atoms with van der Waals surface area (Å²) in [7, 11) is -4.96. The topological polar surface area (TPSA) is 63.2 Å². The van der Waals surface area contributed by atoms with Gasteiger partial charge in [-0.2, -0.15) is 0 Å². The molecule has 0 bridgehead atoms. The summed E-state index contributed by atoms with van der Waals surface area (Å²) in [6, 6.07) is 13.7. The number of sulfonamides is 1. The highest BCUT2D eigenvalue weighted by molar-refractivity contribution is 7.89. The highest BCUT2D eigenvalue weighted by Gasteiger charge is 2.30. The van der Waals surface area contributed by atoms with E-state index in [0.29, 0.717) is 4.90 Å². The van der Waals surface area contributed by atoms with Crippen LogP contribution in [0, 0.1) is 12.8 Å². The molecule has 0 radical (unpaired) electrons. The highest BCUT2D eigenvalue weighted by Crippen LogP contribution is 2.32. The van der Waals surface area contributed by atoms with Gasteiger partial charge in [-0.1, -0.05) is 49.7 Å². The van der Waals surface area contributed by atoms with Crippen LogP contribution < -0.4 is 4.72 Å². The van der Waals surface area contributed by atoms with Crippen molar-refractivity contribution in [1.82, 2.24) is 4.72 Å². The zero-order valence-electron chi connectivity index (χ0n) is 16.8. The minimum absolute atomic E-state index is 0.0108. The lowest BCUT2D eigenvalue weighted by Gasteiger charge is -2.27. The van der Waals surface area contributed by atoms with E-state index in [4.69, 9.17) is 0 Å². The number of benzene rings is 2. The molecular weight excluding hydrogens is 378 g/mol. The first kappa shape index (κ1) is 21.8. The summed E-state index contributed by atoms with van der Waals surface area (Å²) in [5.41, 5.74) is 1.76. The molecule has 148 valence electrons. The molecule has 0 heterocycles. The fraction of sp³-hybridized carbons (Fsp3) is 0.429. The number of rotatable bonds is 6. The molecular formula is C21H29NO3S2. The molecule has 0 aliphatic rings. The van der Waals surface area contributed by atoms with Crippen LogP contribution in [0.5, 0.6) is 0 Å². The largest absolute Gasteiger partial charge is 0.254 e. The van der Waals surface area contributed by atoms with Crippen molar-refractivity contribution in [3.8, 4) is 0 Å². The minimum Gasteiger partial charge on any atom is -0.254 e. The van der Waals surface area contributed by atoms with Crippen molar-refractivity contribution in [3.63, 3.8) is 0 Å². The van der Waals surface area contributed by atoms with Crippen LogP contribution >= 0.6 is 0 Å². The normalized spacial score (nSPS) is 14.9. The van der Waals surface area contributed by atoms with E-state index < -0.39 is 31.6 Å². The van der Waals surface area contributed by atoms with Gasteiger partial charge in [0.1, 0.15) is 0 Å². The van der Waals surface area contributed by atoms with Crippen LogP contribution in [0.25, 0.3) is 0 Å². The Kier molecular flexibility index (Phi) is 6.66. The number of hydrogen-bond donors (Lipinski definition) is 1. The third kappa shape index (κ3) is 5.27. The van der Waals surface area contributed by atoms with Gasteiger partial charge in [0.2, 0.25) is 10.0 Å². The van der Waals surface area contributed by atoms with E-state index in [-0.39, 0.29) is 10.8 Å². The van der Waals surface area contributed by atoms with Crippen LogP contribution in [0.1, 0.15) is 51.8 Å². The number of hydrogen-bond acceptors (Lipinski definition) is 3. The Bertz CT molecular complexity index is 911. The first-order chi connectivity index (χ1) is 12.4. The van der Waals surface area contributed by atoms with Crippen LogP contribution in [-0.2, 0) is 20.8 Å². The van der Waals surface area contributed by atoms with Gasteiger partial charge in [-0.05, 0) is 57.4 Å². The predicted octanol–water partition coefficient (Wildman–Crippen LogP) is 4.58. The van der Waals surface area contributed by atoms with E-state index in [1.54, 1.807) is 24.3 Å². The van der Waals surface area contributed by atoms with E-state index in [1.807, 2.05) is 65.8 Å². The molecule has 27 heavy (non-hydrogen) atoms. The van der Waals surface area contributed by atoms with Crippen molar-refractivity contribution in [2.24, 2.45) is 5.92 Å². The second-order valence-corrected chi connectivity index (χ2v) is 12.0. The molecule has 1 N–H and O–H groups in total.